The van der Waals surface area contributed by atoms with Crippen molar-refractivity contribution in [3.8, 4) is 0 Å². The summed E-state index contributed by atoms with van der Waals surface area (Å²) in [6.45, 7) is 4.91. The van der Waals surface area contributed by atoms with E-state index in [1.807, 2.05) is 16.7 Å². The van der Waals surface area contributed by atoms with Gasteiger partial charge in [0.15, 0.2) is 0 Å². The molecule has 0 unspecified atom stereocenters. The molecule has 1 N–H and O–H groups in total. The van der Waals surface area contributed by atoms with Crippen molar-refractivity contribution in [3.05, 3.63) is 34.7 Å². The molecule has 4 rings (SSSR count). The molecular weight excluding hydrogens is 288 g/mol. The number of nitrogens with zero attached hydrogens (tertiary/aromatic N) is 3. The first kappa shape index (κ1) is 14.7. The minimum Gasteiger partial charge on any atom is -0.356 e. The molecule has 2 aliphatic heterocycles. The van der Waals surface area contributed by atoms with Crippen LogP contribution in [-0.2, 0) is 6.54 Å². The fraction of sp³-hybridized carbons (Fsp3) is 0.556. The van der Waals surface area contributed by atoms with Crippen molar-refractivity contribution in [1.29, 1.82) is 0 Å². The van der Waals surface area contributed by atoms with E-state index in [4.69, 9.17) is 0 Å². The molecule has 2 fully saturated rings. The smallest absolute Gasteiger partial charge is 0.350 e. The van der Waals surface area contributed by atoms with E-state index in [0.29, 0.717) is 5.92 Å². The number of hydrogen-bond donors (Lipinski definition) is 1. The molecule has 0 saturated carbocycles. The van der Waals surface area contributed by atoms with Crippen molar-refractivity contribution < 1.29 is 0 Å². The van der Waals surface area contributed by atoms with Crippen LogP contribution in [0.5, 0.6) is 0 Å². The molecule has 122 valence electrons. The van der Waals surface area contributed by atoms with Gasteiger partial charge >= 0.3 is 5.69 Å². The van der Waals surface area contributed by atoms with Crippen LogP contribution >= 0.6 is 0 Å². The number of fused-ring (bicyclic) bond motifs is 1. The van der Waals surface area contributed by atoms with Crippen molar-refractivity contribution in [2.75, 3.05) is 31.1 Å². The minimum atomic E-state index is -0.0934. The van der Waals surface area contributed by atoms with Crippen LogP contribution in [0.3, 0.4) is 0 Å². The lowest BCUT2D eigenvalue weighted by Crippen LogP contribution is -2.34. The topological polar surface area (TPSA) is 50.2 Å². The summed E-state index contributed by atoms with van der Waals surface area (Å²) >= 11 is 0. The number of rotatable bonds is 3. The molecule has 2 saturated heterocycles. The van der Waals surface area contributed by atoms with E-state index >= 15 is 0 Å². The highest BCUT2D eigenvalue weighted by molar-refractivity contribution is 5.89. The van der Waals surface area contributed by atoms with Gasteiger partial charge in [0.05, 0.1) is 5.52 Å². The number of piperidine rings is 1. The molecule has 5 heteroatoms. The van der Waals surface area contributed by atoms with Crippen LogP contribution in [0.4, 0.5) is 5.82 Å². The zero-order valence-electron chi connectivity index (χ0n) is 13.5. The first-order chi connectivity index (χ1) is 11.3. The molecular formula is C18H24N4O. The monoisotopic (exact) mass is 312 g/mol. The quantitative estimate of drug-likeness (QED) is 0.942. The molecule has 0 atom stereocenters. The maximum atomic E-state index is 12.7. The van der Waals surface area contributed by atoms with Crippen molar-refractivity contribution in [1.82, 2.24) is 14.9 Å². The third-order valence-electron chi connectivity index (χ3n) is 5.17. The summed E-state index contributed by atoms with van der Waals surface area (Å²) in [6, 6.07) is 8.24. The van der Waals surface area contributed by atoms with Gasteiger partial charge in [-0.15, -0.1) is 0 Å². The van der Waals surface area contributed by atoms with Crippen LogP contribution in [-0.4, -0.2) is 35.7 Å². The van der Waals surface area contributed by atoms with Crippen molar-refractivity contribution >= 4 is 16.7 Å². The van der Waals surface area contributed by atoms with Crippen molar-refractivity contribution in [2.45, 2.75) is 32.2 Å². The fourth-order valence-electron chi connectivity index (χ4n) is 3.88. The van der Waals surface area contributed by atoms with E-state index in [0.717, 1.165) is 62.3 Å². The average Bonchev–Trinajstić information content (AvgIpc) is 3.12. The molecule has 2 aliphatic rings. The molecule has 0 amide bonds. The number of anilines is 1. The predicted molar refractivity (Wildman–Crippen MR) is 93.0 cm³/mol. The van der Waals surface area contributed by atoms with Gasteiger partial charge in [-0.25, -0.2) is 4.79 Å². The second kappa shape index (κ2) is 6.32. The fourth-order valence-corrected chi connectivity index (χ4v) is 3.88. The molecule has 23 heavy (non-hydrogen) atoms. The number of benzene rings is 1. The third kappa shape index (κ3) is 2.85. The normalized spacial score (nSPS) is 19.6. The zero-order chi connectivity index (χ0) is 15.6. The van der Waals surface area contributed by atoms with E-state index in [1.54, 1.807) is 0 Å². The van der Waals surface area contributed by atoms with Crippen LogP contribution in [0.15, 0.2) is 29.1 Å². The van der Waals surface area contributed by atoms with Crippen molar-refractivity contribution in [2.24, 2.45) is 5.92 Å². The van der Waals surface area contributed by atoms with Crippen molar-refractivity contribution in [3.63, 3.8) is 0 Å². The molecule has 2 aromatic rings. The predicted octanol–water partition coefficient (Wildman–Crippen LogP) is 2.00. The lowest BCUT2D eigenvalue weighted by atomic mass is 9.98. The Morgan fingerprint density at radius 3 is 2.65 bits per heavy atom. The molecule has 0 aliphatic carbocycles. The molecule has 3 heterocycles. The van der Waals surface area contributed by atoms with Crippen LogP contribution < -0.4 is 15.9 Å². The van der Waals surface area contributed by atoms with Gasteiger partial charge in [-0.1, -0.05) is 12.1 Å². The summed E-state index contributed by atoms with van der Waals surface area (Å²) in [5, 5.41) is 4.50. The second-order valence-corrected chi connectivity index (χ2v) is 6.73. The SMILES string of the molecule is O=c1nc(N2CCCC2)c2ccccc2n1CC1CCNCC1. The maximum Gasteiger partial charge on any atom is 0.350 e. The molecule has 0 bridgehead atoms. The minimum absolute atomic E-state index is 0.0934. The van der Waals surface area contributed by atoms with Gasteiger partial charge in [-0.2, -0.15) is 4.98 Å². The van der Waals surface area contributed by atoms with Gasteiger partial charge in [0.25, 0.3) is 0 Å². The highest BCUT2D eigenvalue weighted by atomic mass is 16.1. The standard InChI is InChI=1S/C18H24N4O/c23-18-20-17(21-11-3-4-12-21)15-5-1-2-6-16(15)22(18)13-14-7-9-19-10-8-14/h1-2,5-6,14,19H,3-4,7-13H2. The molecule has 0 spiro atoms. The Balaban J connectivity index is 1.77. The average molecular weight is 312 g/mol. The summed E-state index contributed by atoms with van der Waals surface area (Å²) < 4.78 is 1.89. The summed E-state index contributed by atoms with van der Waals surface area (Å²) in [7, 11) is 0. The molecule has 1 aromatic carbocycles. The van der Waals surface area contributed by atoms with E-state index in [9.17, 15) is 4.79 Å². The Hall–Kier alpha value is -1.88. The summed E-state index contributed by atoms with van der Waals surface area (Å²) in [5.41, 5.74) is 0.942. The van der Waals surface area contributed by atoms with Gasteiger partial charge in [0.1, 0.15) is 5.82 Å². The van der Waals surface area contributed by atoms with Gasteiger partial charge in [0.2, 0.25) is 0 Å². The molecule has 0 radical (unpaired) electrons. The van der Waals surface area contributed by atoms with Crippen LogP contribution in [0.2, 0.25) is 0 Å². The molecule has 5 nitrogen and oxygen atoms in total. The van der Waals surface area contributed by atoms with E-state index in [1.165, 1.54) is 12.8 Å². The number of para-hydroxylation sites is 1. The Morgan fingerprint density at radius 1 is 1.13 bits per heavy atom. The van der Waals surface area contributed by atoms with E-state index < -0.39 is 0 Å². The number of aromatic nitrogens is 2. The Morgan fingerprint density at radius 2 is 1.87 bits per heavy atom. The van der Waals surface area contributed by atoms with Gasteiger partial charge in [-0.05, 0) is 56.8 Å². The van der Waals surface area contributed by atoms with Crippen LogP contribution in [0.1, 0.15) is 25.7 Å². The largest absolute Gasteiger partial charge is 0.356 e. The van der Waals surface area contributed by atoms with Crippen LogP contribution in [0, 0.1) is 5.92 Å². The highest BCUT2D eigenvalue weighted by Gasteiger charge is 2.21. The van der Waals surface area contributed by atoms with Gasteiger partial charge < -0.3 is 10.2 Å². The highest BCUT2D eigenvalue weighted by Crippen LogP contribution is 2.26. The summed E-state index contributed by atoms with van der Waals surface area (Å²) in [6.07, 6.45) is 4.64. The number of nitrogens with one attached hydrogen (secondary N) is 1. The zero-order valence-corrected chi connectivity index (χ0v) is 13.5. The summed E-state index contributed by atoms with van der Waals surface area (Å²) in [4.78, 5) is 19.4. The summed E-state index contributed by atoms with van der Waals surface area (Å²) in [5.74, 6) is 1.45. The first-order valence-corrected chi connectivity index (χ1v) is 8.78. The maximum absolute atomic E-state index is 12.7. The van der Waals surface area contributed by atoms with E-state index in [2.05, 4.69) is 27.3 Å². The van der Waals surface area contributed by atoms with Gasteiger partial charge in [0, 0.05) is 25.0 Å². The second-order valence-electron chi connectivity index (χ2n) is 6.73. The van der Waals surface area contributed by atoms with Crippen LogP contribution in [0.25, 0.3) is 10.9 Å². The Bertz CT molecular complexity index is 742. The third-order valence-corrected chi connectivity index (χ3v) is 5.17. The Labute approximate surface area is 136 Å². The number of hydrogen-bond acceptors (Lipinski definition) is 4. The lowest BCUT2D eigenvalue weighted by molar-refractivity contribution is 0.332. The molecule has 1 aromatic heterocycles. The van der Waals surface area contributed by atoms with Gasteiger partial charge in [-0.3, -0.25) is 4.57 Å². The van der Waals surface area contributed by atoms with E-state index in [-0.39, 0.29) is 5.69 Å². The first-order valence-electron chi connectivity index (χ1n) is 8.78. The lowest BCUT2D eigenvalue weighted by Gasteiger charge is -2.25. The Kier molecular flexibility index (Phi) is 4.04.